The Hall–Kier alpha value is -3.17. The van der Waals surface area contributed by atoms with Crippen molar-refractivity contribution in [1.82, 2.24) is 20.2 Å². The molecule has 0 saturated carbocycles. The molecule has 0 amide bonds. The van der Waals surface area contributed by atoms with E-state index >= 15 is 0 Å². The van der Waals surface area contributed by atoms with Gasteiger partial charge in [0, 0.05) is 25.5 Å². The van der Waals surface area contributed by atoms with E-state index in [0.29, 0.717) is 11.4 Å². The highest BCUT2D eigenvalue weighted by atomic mass is 16.5. The fourth-order valence-corrected chi connectivity index (χ4v) is 5.22. The number of Topliss-reactive ketones (excluding diaryl/α,β-unsaturated/α-hetero) is 1. The highest BCUT2D eigenvalue weighted by molar-refractivity contribution is 6.17. The maximum atomic E-state index is 14.2. The normalized spacial score (nSPS) is 30.5. The van der Waals surface area contributed by atoms with Gasteiger partial charge in [-0.2, -0.15) is 0 Å². The number of pyridine rings is 2. The second-order valence-electron chi connectivity index (χ2n) is 7.84. The van der Waals surface area contributed by atoms with Crippen LogP contribution in [0.3, 0.4) is 0 Å². The molecule has 2 aromatic rings. The summed E-state index contributed by atoms with van der Waals surface area (Å²) in [5.74, 6) is -1.98. The minimum absolute atomic E-state index is 0.0117. The van der Waals surface area contributed by atoms with Crippen molar-refractivity contribution in [3.05, 3.63) is 60.2 Å². The average Bonchev–Trinajstić information content (AvgIpc) is 2.80. The lowest BCUT2D eigenvalue weighted by Crippen LogP contribution is -2.75. The first-order chi connectivity index (χ1) is 14.9. The largest absolute Gasteiger partial charge is 0.468 e. The molecule has 4 heterocycles. The monoisotopic (exact) mass is 424 g/mol. The van der Waals surface area contributed by atoms with E-state index < -0.39 is 40.6 Å². The summed E-state index contributed by atoms with van der Waals surface area (Å²) in [6.07, 6.45) is 3.21. The Morgan fingerprint density at radius 2 is 1.39 bits per heavy atom. The van der Waals surface area contributed by atoms with Gasteiger partial charge in [-0.05, 0) is 31.3 Å². The molecule has 0 aromatic carbocycles. The molecule has 2 bridgehead atoms. The number of hydrogen-bond donors (Lipinski definition) is 1. The summed E-state index contributed by atoms with van der Waals surface area (Å²) >= 11 is 0. The second-order valence-corrected chi connectivity index (χ2v) is 7.84. The van der Waals surface area contributed by atoms with Crippen molar-refractivity contribution in [2.75, 3.05) is 34.4 Å². The standard InChI is InChI=1S/C22H24N4O5/c1-26-16(14-8-4-6-10-24-14)21(19(28)30-2)12-23-13-22(18(21)27,20(29)31-3)17(26)15-9-5-7-11-25-15/h4-11,16-17,23H,12-13H2,1-3H3. The number of hydrogen-bond acceptors (Lipinski definition) is 9. The van der Waals surface area contributed by atoms with E-state index in [-0.39, 0.29) is 13.1 Å². The summed E-state index contributed by atoms with van der Waals surface area (Å²) in [5, 5.41) is 3.14. The molecule has 2 fully saturated rings. The third-order valence-corrected chi connectivity index (χ3v) is 6.40. The lowest BCUT2D eigenvalue weighted by atomic mass is 9.55. The maximum absolute atomic E-state index is 14.2. The quantitative estimate of drug-likeness (QED) is 0.560. The van der Waals surface area contributed by atoms with Crippen molar-refractivity contribution in [2.24, 2.45) is 10.8 Å². The highest BCUT2D eigenvalue weighted by Gasteiger charge is 2.74. The van der Waals surface area contributed by atoms with Gasteiger partial charge < -0.3 is 14.8 Å². The topological polar surface area (TPSA) is 111 Å². The number of piperidine rings is 2. The van der Waals surface area contributed by atoms with Crippen LogP contribution in [-0.4, -0.2) is 66.9 Å². The van der Waals surface area contributed by atoms with Gasteiger partial charge in [0.05, 0.1) is 37.7 Å². The van der Waals surface area contributed by atoms with Crippen LogP contribution < -0.4 is 5.32 Å². The SMILES string of the molecule is COC(=O)C12CNCC(C(=O)OC)(C1=O)C(c1ccccn1)N(C)C2c1ccccn1. The molecule has 4 unspecified atom stereocenters. The maximum Gasteiger partial charge on any atom is 0.322 e. The number of esters is 2. The van der Waals surface area contributed by atoms with Crippen molar-refractivity contribution in [2.45, 2.75) is 12.1 Å². The number of nitrogens with one attached hydrogen (secondary N) is 1. The van der Waals surface area contributed by atoms with Gasteiger partial charge in [-0.15, -0.1) is 0 Å². The van der Waals surface area contributed by atoms with Crippen molar-refractivity contribution in [3.8, 4) is 0 Å². The Morgan fingerprint density at radius 1 is 0.935 bits per heavy atom. The van der Waals surface area contributed by atoms with Crippen molar-refractivity contribution in [3.63, 3.8) is 0 Å². The molecule has 9 nitrogen and oxygen atoms in total. The number of ether oxygens (including phenoxy) is 2. The van der Waals surface area contributed by atoms with Crippen LogP contribution in [0.1, 0.15) is 23.5 Å². The van der Waals surface area contributed by atoms with Gasteiger partial charge in [0.2, 0.25) is 0 Å². The van der Waals surface area contributed by atoms with E-state index in [2.05, 4.69) is 15.3 Å². The molecular formula is C22H24N4O5. The number of aromatic nitrogens is 2. The molecule has 4 rings (SSSR count). The Kier molecular flexibility index (Phi) is 5.32. The fraction of sp³-hybridized carbons (Fsp3) is 0.409. The molecule has 2 aliphatic heterocycles. The Labute approximate surface area is 179 Å². The first-order valence-electron chi connectivity index (χ1n) is 9.91. The molecule has 0 spiro atoms. The highest BCUT2D eigenvalue weighted by Crippen LogP contribution is 2.58. The van der Waals surface area contributed by atoms with E-state index in [4.69, 9.17) is 9.47 Å². The van der Waals surface area contributed by atoms with Gasteiger partial charge in [0.15, 0.2) is 16.6 Å². The van der Waals surface area contributed by atoms with Crippen molar-refractivity contribution in [1.29, 1.82) is 0 Å². The number of nitrogens with zero attached hydrogens (tertiary/aromatic N) is 3. The molecule has 1 N–H and O–H groups in total. The molecule has 2 aromatic heterocycles. The first kappa shape index (κ1) is 21.1. The molecule has 4 atom stereocenters. The minimum Gasteiger partial charge on any atom is -0.468 e. The van der Waals surface area contributed by atoms with E-state index in [9.17, 15) is 14.4 Å². The van der Waals surface area contributed by atoms with Crippen LogP contribution in [0.2, 0.25) is 0 Å². The average molecular weight is 424 g/mol. The van der Waals surface area contributed by atoms with Crippen LogP contribution >= 0.6 is 0 Å². The smallest absolute Gasteiger partial charge is 0.322 e. The van der Waals surface area contributed by atoms with E-state index in [0.717, 1.165) is 0 Å². The Balaban J connectivity index is 2.04. The summed E-state index contributed by atoms with van der Waals surface area (Å²) in [5.41, 5.74) is -2.33. The summed E-state index contributed by atoms with van der Waals surface area (Å²) in [6.45, 7) is 0.0234. The Morgan fingerprint density at radius 3 is 1.74 bits per heavy atom. The lowest BCUT2D eigenvalue weighted by molar-refractivity contribution is -0.195. The summed E-state index contributed by atoms with van der Waals surface area (Å²) in [4.78, 5) is 51.4. The summed E-state index contributed by atoms with van der Waals surface area (Å²) in [7, 11) is 4.24. The van der Waals surface area contributed by atoms with Crippen molar-refractivity contribution >= 4 is 17.7 Å². The molecule has 0 radical (unpaired) electrons. The van der Waals surface area contributed by atoms with Gasteiger partial charge in [-0.25, -0.2) is 0 Å². The third kappa shape index (κ3) is 2.80. The predicted molar refractivity (Wildman–Crippen MR) is 108 cm³/mol. The minimum atomic E-state index is -1.68. The molecule has 2 saturated heterocycles. The van der Waals surface area contributed by atoms with Gasteiger partial charge in [-0.1, -0.05) is 12.1 Å². The van der Waals surface area contributed by atoms with Gasteiger partial charge in [-0.3, -0.25) is 29.3 Å². The molecule has 31 heavy (non-hydrogen) atoms. The zero-order chi connectivity index (χ0) is 22.2. The van der Waals surface area contributed by atoms with E-state index in [1.807, 2.05) is 4.90 Å². The molecule has 2 aliphatic rings. The number of likely N-dealkylation sites (tertiary alicyclic amines) is 1. The van der Waals surface area contributed by atoms with Crippen LogP contribution in [0.25, 0.3) is 0 Å². The van der Waals surface area contributed by atoms with Crippen LogP contribution in [0.4, 0.5) is 0 Å². The van der Waals surface area contributed by atoms with Crippen LogP contribution in [0.15, 0.2) is 48.8 Å². The van der Waals surface area contributed by atoms with Crippen molar-refractivity contribution < 1.29 is 23.9 Å². The predicted octanol–water partition coefficient (Wildman–Crippen LogP) is 0.696. The number of methoxy groups -OCH3 is 2. The number of fused-ring (bicyclic) bond motifs is 2. The van der Waals surface area contributed by atoms with Gasteiger partial charge in [0.25, 0.3) is 0 Å². The lowest BCUT2D eigenvalue weighted by Gasteiger charge is -2.58. The van der Waals surface area contributed by atoms with Crippen LogP contribution in [0, 0.1) is 10.8 Å². The van der Waals surface area contributed by atoms with Gasteiger partial charge >= 0.3 is 11.9 Å². The second kappa shape index (κ2) is 7.82. The Bertz CT molecular complexity index is 924. The summed E-state index contributed by atoms with van der Waals surface area (Å²) in [6, 6.07) is 9.04. The summed E-state index contributed by atoms with van der Waals surface area (Å²) < 4.78 is 10.2. The molecule has 9 heteroatoms. The number of ketones is 1. The molecular weight excluding hydrogens is 400 g/mol. The zero-order valence-electron chi connectivity index (χ0n) is 17.6. The number of carbonyl (C=O) groups is 3. The molecule has 0 aliphatic carbocycles. The zero-order valence-corrected chi connectivity index (χ0v) is 17.6. The molecule has 162 valence electrons. The van der Waals surface area contributed by atoms with Gasteiger partial charge in [0.1, 0.15) is 0 Å². The first-order valence-corrected chi connectivity index (χ1v) is 9.91. The third-order valence-electron chi connectivity index (χ3n) is 6.40. The van der Waals surface area contributed by atoms with Crippen LogP contribution in [0.5, 0.6) is 0 Å². The fourth-order valence-electron chi connectivity index (χ4n) is 5.22. The van der Waals surface area contributed by atoms with E-state index in [1.165, 1.54) is 14.2 Å². The number of rotatable bonds is 4. The number of carbonyl (C=O) groups excluding carboxylic acids is 3. The van der Waals surface area contributed by atoms with E-state index in [1.54, 1.807) is 55.8 Å². The van der Waals surface area contributed by atoms with Crippen LogP contribution in [-0.2, 0) is 23.9 Å².